The molecule has 0 unspecified atom stereocenters. The lowest BCUT2D eigenvalue weighted by Gasteiger charge is -2.11. The third-order valence-electron chi connectivity index (χ3n) is 4.42. The number of carbonyl (C=O) groups is 1. The molecule has 0 aliphatic heterocycles. The average molecular weight is 360 g/mol. The molecule has 5 nitrogen and oxygen atoms in total. The highest BCUT2D eigenvalue weighted by Gasteiger charge is 2.15. The van der Waals surface area contributed by atoms with Crippen molar-refractivity contribution < 1.29 is 9.18 Å². The second kappa shape index (κ2) is 6.64. The van der Waals surface area contributed by atoms with Gasteiger partial charge in [0.15, 0.2) is 5.65 Å². The number of hydrogen-bond donors (Lipinski definition) is 1. The molecular formula is C21H17FN4O. The number of benzene rings is 2. The summed E-state index contributed by atoms with van der Waals surface area (Å²) in [5.74, 6) is -0.363. The van der Waals surface area contributed by atoms with Gasteiger partial charge >= 0.3 is 0 Å². The summed E-state index contributed by atoms with van der Waals surface area (Å²) in [6, 6.07) is 15.6. The van der Waals surface area contributed by atoms with Gasteiger partial charge in [-0.05, 0) is 41.5 Å². The first kappa shape index (κ1) is 16.9. The number of pyridine rings is 1. The van der Waals surface area contributed by atoms with Crippen LogP contribution in [0.5, 0.6) is 0 Å². The van der Waals surface area contributed by atoms with Crippen molar-refractivity contribution in [2.24, 2.45) is 0 Å². The van der Waals surface area contributed by atoms with Crippen LogP contribution in [0.2, 0.25) is 0 Å². The van der Waals surface area contributed by atoms with Crippen molar-refractivity contribution in [2.75, 3.05) is 14.1 Å². The first-order valence-corrected chi connectivity index (χ1v) is 8.45. The summed E-state index contributed by atoms with van der Waals surface area (Å²) < 4.78 is 13.7. The van der Waals surface area contributed by atoms with E-state index in [1.807, 2.05) is 24.3 Å². The quantitative estimate of drug-likeness (QED) is 0.597. The Balaban J connectivity index is 1.85. The van der Waals surface area contributed by atoms with Crippen LogP contribution in [-0.2, 0) is 0 Å². The summed E-state index contributed by atoms with van der Waals surface area (Å²) in [7, 11) is 3.44. The Hall–Kier alpha value is -3.54. The summed E-state index contributed by atoms with van der Waals surface area (Å²) in [5.41, 5.74) is 4.42. The average Bonchev–Trinajstić information content (AvgIpc) is 3.12. The number of carbonyl (C=O) groups excluding carboxylic acids is 1. The zero-order valence-electron chi connectivity index (χ0n) is 14.9. The zero-order valence-corrected chi connectivity index (χ0v) is 14.9. The van der Waals surface area contributed by atoms with E-state index in [1.165, 1.54) is 17.0 Å². The number of H-pyrrole nitrogens is 1. The van der Waals surface area contributed by atoms with E-state index >= 15 is 0 Å². The minimum atomic E-state index is -0.313. The Labute approximate surface area is 155 Å². The second-order valence-electron chi connectivity index (χ2n) is 6.44. The fourth-order valence-corrected chi connectivity index (χ4v) is 3.09. The van der Waals surface area contributed by atoms with Crippen molar-refractivity contribution in [3.63, 3.8) is 0 Å². The van der Waals surface area contributed by atoms with Crippen molar-refractivity contribution in [1.82, 2.24) is 20.1 Å². The Morgan fingerprint density at radius 2 is 1.81 bits per heavy atom. The molecule has 0 fully saturated rings. The van der Waals surface area contributed by atoms with Crippen LogP contribution in [0.3, 0.4) is 0 Å². The van der Waals surface area contributed by atoms with Crippen molar-refractivity contribution in [1.29, 1.82) is 0 Å². The largest absolute Gasteiger partial charge is 0.345 e. The maximum Gasteiger partial charge on any atom is 0.253 e. The van der Waals surface area contributed by atoms with E-state index in [4.69, 9.17) is 0 Å². The van der Waals surface area contributed by atoms with Crippen LogP contribution in [0.1, 0.15) is 10.4 Å². The Bertz CT molecular complexity index is 1130. The Morgan fingerprint density at radius 3 is 2.52 bits per heavy atom. The number of hydrogen-bond acceptors (Lipinski definition) is 3. The topological polar surface area (TPSA) is 61.9 Å². The molecule has 27 heavy (non-hydrogen) atoms. The Morgan fingerprint density at radius 1 is 1.04 bits per heavy atom. The van der Waals surface area contributed by atoms with Gasteiger partial charge < -0.3 is 4.90 Å². The highest BCUT2D eigenvalue weighted by molar-refractivity contribution is 6.02. The minimum Gasteiger partial charge on any atom is -0.345 e. The van der Waals surface area contributed by atoms with Crippen LogP contribution < -0.4 is 0 Å². The predicted octanol–water partition coefficient (Wildman–Crippen LogP) is 4.13. The molecule has 0 saturated carbocycles. The van der Waals surface area contributed by atoms with Gasteiger partial charge in [0.05, 0.1) is 11.1 Å². The number of nitrogens with zero attached hydrogens (tertiary/aromatic N) is 3. The summed E-state index contributed by atoms with van der Waals surface area (Å²) in [6.45, 7) is 0. The molecule has 0 atom stereocenters. The van der Waals surface area contributed by atoms with Crippen molar-refractivity contribution in [3.8, 4) is 22.4 Å². The molecule has 4 aromatic rings. The smallest absolute Gasteiger partial charge is 0.253 e. The van der Waals surface area contributed by atoms with E-state index in [0.29, 0.717) is 22.5 Å². The van der Waals surface area contributed by atoms with E-state index in [0.717, 1.165) is 16.5 Å². The number of rotatable bonds is 3. The van der Waals surface area contributed by atoms with Crippen LogP contribution in [0.25, 0.3) is 33.4 Å². The molecular weight excluding hydrogens is 343 g/mol. The molecule has 0 saturated heterocycles. The van der Waals surface area contributed by atoms with E-state index in [1.54, 1.807) is 38.5 Å². The van der Waals surface area contributed by atoms with Crippen LogP contribution in [0, 0.1) is 5.82 Å². The van der Waals surface area contributed by atoms with Crippen LogP contribution in [0.4, 0.5) is 4.39 Å². The summed E-state index contributed by atoms with van der Waals surface area (Å²) in [4.78, 5) is 17.9. The lowest BCUT2D eigenvalue weighted by atomic mass is 9.98. The van der Waals surface area contributed by atoms with Crippen molar-refractivity contribution in [3.05, 3.63) is 72.2 Å². The maximum atomic E-state index is 13.7. The summed E-state index contributed by atoms with van der Waals surface area (Å²) >= 11 is 0. The van der Waals surface area contributed by atoms with Gasteiger partial charge in [0.25, 0.3) is 5.91 Å². The molecule has 0 radical (unpaired) electrons. The normalized spacial score (nSPS) is 10.9. The highest BCUT2D eigenvalue weighted by Crippen LogP contribution is 2.34. The molecule has 0 aliphatic carbocycles. The Kier molecular flexibility index (Phi) is 4.16. The van der Waals surface area contributed by atoms with Crippen molar-refractivity contribution in [2.45, 2.75) is 0 Å². The summed E-state index contributed by atoms with van der Waals surface area (Å²) in [6.07, 6.45) is 1.69. The SMILES string of the molecule is CN(C)C(=O)c1ccc(-c2ccnc3n[nH]c(-c4cccc(F)c4)c23)cc1. The monoisotopic (exact) mass is 360 g/mol. The van der Waals surface area contributed by atoms with E-state index in [2.05, 4.69) is 15.2 Å². The molecule has 2 aromatic heterocycles. The fraction of sp³-hybridized carbons (Fsp3) is 0.0952. The predicted molar refractivity (Wildman–Crippen MR) is 103 cm³/mol. The number of amides is 1. The molecule has 2 heterocycles. The summed E-state index contributed by atoms with van der Waals surface area (Å²) in [5, 5.41) is 8.05. The fourth-order valence-electron chi connectivity index (χ4n) is 3.09. The lowest BCUT2D eigenvalue weighted by molar-refractivity contribution is 0.0827. The van der Waals surface area contributed by atoms with E-state index in [-0.39, 0.29) is 11.7 Å². The third-order valence-corrected chi connectivity index (χ3v) is 4.42. The lowest BCUT2D eigenvalue weighted by Crippen LogP contribution is -2.21. The molecule has 0 spiro atoms. The minimum absolute atomic E-state index is 0.0508. The van der Waals surface area contributed by atoms with Gasteiger partial charge in [-0.1, -0.05) is 24.3 Å². The third kappa shape index (κ3) is 3.06. The first-order valence-electron chi connectivity index (χ1n) is 8.45. The maximum absolute atomic E-state index is 13.7. The van der Waals surface area contributed by atoms with Gasteiger partial charge in [0, 0.05) is 31.4 Å². The molecule has 6 heteroatoms. The molecule has 0 aliphatic rings. The molecule has 1 N–H and O–H groups in total. The van der Waals surface area contributed by atoms with Crippen LogP contribution in [0.15, 0.2) is 60.8 Å². The van der Waals surface area contributed by atoms with Gasteiger partial charge in [0.2, 0.25) is 0 Å². The van der Waals surface area contributed by atoms with E-state index in [9.17, 15) is 9.18 Å². The van der Waals surface area contributed by atoms with Gasteiger partial charge in [-0.15, -0.1) is 0 Å². The molecule has 0 bridgehead atoms. The van der Waals surface area contributed by atoms with Gasteiger partial charge in [-0.3, -0.25) is 9.89 Å². The van der Waals surface area contributed by atoms with Crippen LogP contribution >= 0.6 is 0 Å². The molecule has 4 rings (SSSR count). The first-order chi connectivity index (χ1) is 13.0. The molecule has 2 aromatic carbocycles. The standard InChI is InChI=1S/C21H17FN4O/c1-26(2)21(27)14-8-6-13(7-9-14)17-10-11-23-20-18(17)19(24-25-20)15-4-3-5-16(22)12-15/h3-12H,1-2H3,(H,23,24,25). The number of aromatic nitrogens is 3. The second-order valence-corrected chi connectivity index (χ2v) is 6.44. The van der Waals surface area contributed by atoms with E-state index < -0.39 is 0 Å². The van der Waals surface area contributed by atoms with Crippen LogP contribution in [-0.4, -0.2) is 40.1 Å². The number of nitrogens with one attached hydrogen (secondary N) is 1. The van der Waals surface area contributed by atoms with Crippen molar-refractivity contribution >= 4 is 16.9 Å². The number of aromatic amines is 1. The number of fused-ring (bicyclic) bond motifs is 1. The van der Waals surface area contributed by atoms with Gasteiger partial charge in [0.1, 0.15) is 5.82 Å². The zero-order chi connectivity index (χ0) is 19.0. The van der Waals surface area contributed by atoms with Gasteiger partial charge in [-0.25, -0.2) is 9.37 Å². The molecule has 134 valence electrons. The number of halogens is 1. The van der Waals surface area contributed by atoms with Gasteiger partial charge in [-0.2, -0.15) is 5.10 Å². The molecule has 1 amide bonds. The highest BCUT2D eigenvalue weighted by atomic mass is 19.1.